The largest absolute Gasteiger partial charge is 0.478 e. The third-order valence-electron chi connectivity index (χ3n) is 6.44. The Labute approximate surface area is 205 Å². The van der Waals surface area contributed by atoms with Crippen LogP contribution in [0.4, 0.5) is 5.69 Å². The van der Waals surface area contributed by atoms with Crippen molar-refractivity contribution in [1.29, 1.82) is 5.26 Å². The molecular formula is C30H28N2O3. The molecule has 3 aromatic carbocycles. The number of nitriles is 1. The third-order valence-corrected chi connectivity index (χ3v) is 6.44. The van der Waals surface area contributed by atoms with Gasteiger partial charge >= 0.3 is 5.97 Å². The fourth-order valence-electron chi connectivity index (χ4n) is 4.58. The molecule has 5 heteroatoms. The Morgan fingerprint density at radius 1 is 0.943 bits per heavy atom. The average molecular weight is 465 g/mol. The minimum Gasteiger partial charge on any atom is -0.478 e. The van der Waals surface area contributed by atoms with E-state index < -0.39 is 5.97 Å². The Balaban J connectivity index is 1.61. The highest BCUT2D eigenvalue weighted by atomic mass is 16.4. The van der Waals surface area contributed by atoms with Crippen LogP contribution in [0, 0.1) is 17.2 Å². The Morgan fingerprint density at radius 2 is 1.69 bits per heavy atom. The molecule has 0 saturated heterocycles. The molecule has 3 aromatic rings. The van der Waals surface area contributed by atoms with Crippen molar-refractivity contribution in [1.82, 2.24) is 0 Å². The number of benzene rings is 3. The molecule has 0 heterocycles. The van der Waals surface area contributed by atoms with Gasteiger partial charge in [0.15, 0.2) is 0 Å². The maximum atomic E-state index is 13.6. The van der Waals surface area contributed by atoms with Crippen LogP contribution >= 0.6 is 0 Å². The lowest BCUT2D eigenvalue weighted by molar-refractivity contribution is -0.131. The van der Waals surface area contributed by atoms with Crippen molar-refractivity contribution in [3.8, 4) is 17.2 Å². The van der Waals surface area contributed by atoms with Gasteiger partial charge in [0.2, 0.25) is 5.91 Å². The van der Waals surface area contributed by atoms with Gasteiger partial charge in [0.1, 0.15) is 0 Å². The summed E-state index contributed by atoms with van der Waals surface area (Å²) in [5.41, 5.74) is 5.10. The van der Waals surface area contributed by atoms with E-state index in [0.717, 1.165) is 59.7 Å². The number of carbonyl (C=O) groups excluding carboxylic acids is 1. The van der Waals surface area contributed by atoms with E-state index in [1.165, 1.54) is 6.42 Å². The second kappa shape index (κ2) is 11.3. The van der Waals surface area contributed by atoms with Gasteiger partial charge in [-0.05, 0) is 65.4 Å². The monoisotopic (exact) mass is 464 g/mol. The Hall–Kier alpha value is -4.17. The third kappa shape index (κ3) is 6.24. The van der Waals surface area contributed by atoms with Gasteiger partial charge in [0.25, 0.3) is 0 Å². The average Bonchev–Trinajstić information content (AvgIpc) is 2.91. The van der Waals surface area contributed by atoms with E-state index in [9.17, 15) is 14.9 Å². The Bertz CT molecular complexity index is 1270. The van der Waals surface area contributed by atoms with Crippen molar-refractivity contribution in [3.05, 3.63) is 95.6 Å². The molecule has 1 aliphatic rings. The van der Waals surface area contributed by atoms with Gasteiger partial charge < -0.3 is 10.0 Å². The first-order valence-corrected chi connectivity index (χ1v) is 12.0. The maximum Gasteiger partial charge on any atom is 0.328 e. The van der Waals surface area contributed by atoms with Crippen molar-refractivity contribution in [3.63, 3.8) is 0 Å². The molecule has 4 rings (SSSR count). The predicted molar refractivity (Wildman–Crippen MR) is 137 cm³/mol. The fourth-order valence-corrected chi connectivity index (χ4v) is 4.58. The number of hydrogen-bond acceptors (Lipinski definition) is 3. The lowest BCUT2D eigenvalue weighted by atomic mass is 9.88. The fraction of sp³-hybridized carbons (Fsp3) is 0.233. The van der Waals surface area contributed by atoms with Crippen LogP contribution in [0.25, 0.3) is 17.2 Å². The van der Waals surface area contributed by atoms with Crippen LogP contribution in [0.2, 0.25) is 0 Å². The minimum atomic E-state index is -1.01. The van der Waals surface area contributed by atoms with Crippen LogP contribution < -0.4 is 4.90 Å². The number of anilines is 1. The summed E-state index contributed by atoms with van der Waals surface area (Å²) in [6, 6.07) is 25.2. The molecule has 0 aliphatic heterocycles. The molecule has 1 saturated carbocycles. The molecule has 0 unspecified atom stereocenters. The van der Waals surface area contributed by atoms with Gasteiger partial charge in [0, 0.05) is 17.7 Å². The smallest absolute Gasteiger partial charge is 0.328 e. The van der Waals surface area contributed by atoms with Crippen molar-refractivity contribution in [2.75, 3.05) is 4.90 Å². The quantitative estimate of drug-likeness (QED) is 0.408. The number of carbonyl (C=O) groups is 2. The lowest BCUT2D eigenvalue weighted by Gasteiger charge is -2.30. The SMILES string of the molecule is N#Cc1cccc(-c2ccc(CN(C(=O)C3CCCCC3)c3cccc(C=CC(=O)O)c3)cc2)c1. The van der Waals surface area contributed by atoms with Gasteiger partial charge in [0.05, 0.1) is 18.2 Å². The Morgan fingerprint density at radius 3 is 2.40 bits per heavy atom. The summed E-state index contributed by atoms with van der Waals surface area (Å²) in [6.45, 7) is 0.431. The number of nitrogens with zero attached hydrogens (tertiary/aromatic N) is 2. The first-order valence-electron chi connectivity index (χ1n) is 12.0. The molecule has 176 valence electrons. The van der Waals surface area contributed by atoms with Crippen molar-refractivity contribution in [2.45, 2.75) is 38.6 Å². The summed E-state index contributed by atoms with van der Waals surface area (Å²) in [5, 5.41) is 18.2. The van der Waals surface area contributed by atoms with Gasteiger partial charge in [-0.25, -0.2) is 4.79 Å². The van der Waals surface area contributed by atoms with E-state index in [0.29, 0.717) is 12.1 Å². The molecule has 1 N–H and O–H groups in total. The zero-order valence-corrected chi connectivity index (χ0v) is 19.6. The molecule has 5 nitrogen and oxygen atoms in total. The minimum absolute atomic E-state index is 0.00922. The van der Waals surface area contributed by atoms with E-state index in [1.807, 2.05) is 71.6 Å². The molecule has 1 fully saturated rings. The molecule has 0 spiro atoms. The summed E-state index contributed by atoms with van der Waals surface area (Å²) in [7, 11) is 0. The summed E-state index contributed by atoms with van der Waals surface area (Å²) >= 11 is 0. The van der Waals surface area contributed by atoms with E-state index >= 15 is 0 Å². The molecule has 1 amide bonds. The highest BCUT2D eigenvalue weighted by molar-refractivity contribution is 5.95. The van der Waals surface area contributed by atoms with Crippen molar-refractivity contribution >= 4 is 23.6 Å². The second-order valence-electron chi connectivity index (χ2n) is 8.92. The summed E-state index contributed by atoms with van der Waals surface area (Å²) < 4.78 is 0. The number of aliphatic carboxylic acids is 1. The standard InChI is InChI=1S/C30H28N2O3/c31-20-24-7-4-10-27(18-24)25-15-12-23(13-16-25)21-32(30(35)26-8-2-1-3-9-26)28-11-5-6-22(19-28)14-17-29(33)34/h4-7,10-19,26H,1-3,8-9,21H2,(H,33,34). The number of hydrogen-bond donors (Lipinski definition) is 1. The number of carboxylic acid groups (broad SMARTS) is 1. The summed E-state index contributed by atoms with van der Waals surface area (Å²) in [5.74, 6) is -0.879. The molecule has 0 radical (unpaired) electrons. The normalized spacial score (nSPS) is 13.9. The molecule has 1 aliphatic carbocycles. The van der Waals surface area contributed by atoms with Crippen LogP contribution in [-0.2, 0) is 16.1 Å². The van der Waals surface area contributed by atoms with Crippen LogP contribution in [0.5, 0.6) is 0 Å². The van der Waals surface area contributed by atoms with Crippen LogP contribution in [0.15, 0.2) is 78.9 Å². The number of carboxylic acids is 1. The van der Waals surface area contributed by atoms with E-state index in [-0.39, 0.29) is 11.8 Å². The zero-order chi connectivity index (χ0) is 24.6. The van der Waals surface area contributed by atoms with Crippen LogP contribution in [0.3, 0.4) is 0 Å². The van der Waals surface area contributed by atoms with Crippen molar-refractivity contribution < 1.29 is 14.7 Å². The topological polar surface area (TPSA) is 81.4 Å². The first-order chi connectivity index (χ1) is 17.0. The summed E-state index contributed by atoms with van der Waals surface area (Å²) in [6.07, 6.45) is 7.77. The maximum absolute atomic E-state index is 13.6. The summed E-state index contributed by atoms with van der Waals surface area (Å²) in [4.78, 5) is 26.4. The molecule has 0 bridgehead atoms. The molecule has 35 heavy (non-hydrogen) atoms. The van der Waals surface area contributed by atoms with Crippen LogP contribution in [-0.4, -0.2) is 17.0 Å². The van der Waals surface area contributed by atoms with Crippen LogP contribution in [0.1, 0.15) is 48.8 Å². The highest BCUT2D eigenvalue weighted by Crippen LogP contribution is 2.30. The number of amides is 1. The zero-order valence-electron chi connectivity index (χ0n) is 19.6. The Kier molecular flexibility index (Phi) is 7.74. The second-order valence-corrected chi connectivity index (χ2v) is 8.92. The first kappa shape index (κ1) is 24.0. The van der Waals surface area contributed by atoms with E-state index in [1.54, 1.807) is 12.1 Å². The molecule has 0 atom stereocenters. The number of rotatable bonds is 7. The molecule has 0 aromatic heterocycles. The van der Waals surface area contributed by atoms with E-state index in [4.69, 9.17) is 5.11 Å². The molecular weight excluding hydrogens is 436 g/mol. The predicted octanol–water partition coefficient (Wildman–Crippen LogP) is 6.44. The van der Waals surface area contributed by atoms with Gasteiger partial charge in [-0.1, -0.05) is 67.8 Å². The van der Waals surface area contributed by atoms with Crippen molar-refractivity contribution in [2.24, 2.45) is 5.92 Å². The van der Waals surface area contributed by atoms with Gasteiger partial charge in [-0.3, -0.25) is 4.79 Å². The highest BCUT2D eigenvalue weighted by Gasteiger charge is 2.27. The van der Waals surface area contributed by atoms with Gasteiger partial charge in [-0.15, -0.1) is 0 Å². The van der Waals surface area contributed by atoms with Gasteiger partial charge in [-0.2, -0.15) is 5.26 Å². The van der Waals surface area contributed by atoms with E-state index in [2.05, 4.69) is 6.07 Å². The lowest BCUT2D eigenvalue weighted by Crippen LogP contribution is -2.36.